The van der Waals surface area contributed by atoms with Crippen LogP contribution in [0.3, 0.4) is 0 Å². The molecule has 1 N–H and O–H groups in total. The van der Waals surface area contributed by atoms with Crippen molar-refractivity contribution in [2.45, 2.75) is 4.90 Å². The molecule has 0 spiro atoms. The van der Waals surface area contributed by atoms with Crippen molar-refractivity contribution in [3.63, 3.8) is 0 Å². The van der Waals surface area contributed by atoms with E-state index in [0.29, 0.717) is 17.1 Å². The number of carbonyl (C=O) groups is 1. The molecule has 3 aromatic carbocycles. The molecule has 162 valence electrons. The van der Waals surface area contributed by atoms with Gasteiger partial charge in [-0.25, -0.2) is 13.1 Å². The lowest BCUT2D eigenvalue weighted by atomic mass is 10.2. The van der Waals surface area contributed by atoms with Crippen LogP contribution in [0.4, 0.5) is 11.4 Å². The number of sulfonamides is 1. The molecule has 32 heavy (non-hydrogen) atoms. The number of carbonyl (C=O) groups excluding carboxylic acids is 1. The molecule has 0 unspecified atom stereocenters. The highest BCUT2D eigenvalue weighted by molar-refractivity contribution is 7.92. The van der Waals surface area contributed by atoms with E-state index in [1.807, 2.05) is 0 Å². The van der Waals surface area contributed by atoms with Crippen LogP contribution in [0, 0.1) is 0 Å². The van der Waals surface area contributed by atoms with E-state index in [9.17, 15) is 13.2 Å². The Morgan fingerprint density at radius 2 is 1.75 bits per heavy atom. The molecule has 0 aliphatic rings. The Bertz CT molecular complexity index is 1340. The first-order chi connectivity index (χ1) is 15.4. The van der Waals surface area contributed by atoms with Crippen LogP contribution in [0.2, 0.25) is 5.02 Å². The van der Waals surface area contributed by atoms with Gasteiger partial charge in [-0.15, -0.1) is 5.10 Å². The van der Waals surface area contributed by atoms with Gasteiger partial charge in [0.05, 0.1) is 26.9 Å². The lowest BCUT2D eigenvalue weighted by Gasteiger charge is -2.20. The van der Waals surface area contributed by atoms with E-state index < -0.39 is 15.9 Å². The molecule has 0 atom stereocenters. The Morgan fingerprint density at radius 1 is 1.03 bits per heavy atom. The fourth-order valence-electron chi connectivity index (χ4n) is 2.95. The minimum Gasteiger partial charge on any atom is -0.322 e. The van der Waals surface area contributed by atoms with Crippen LogP contribution in [0.15, 0.2) is 84.0 Å². The van der Waals surface area contributed by atoms with Crippen LogP contribution in [0.5, 0.6) is 0 Å². The van der Waals surface area contributed by atoms with Gasteiger partial charge in [-0.1, -0.05) is 29.8 Å². The molecule has 11 heteroatoms. The third-order valence-corrected chi connectivity index (χ3v) is 6.81. The molecule has 9 nitrogen and oxygen atoms in total. The number of nitrogens with one attached hydrogen (secondary N) is 1. The van der Waals surface area contributed by atoms with E-state index >= 15 is 0 Å². The van der Waals surface area contributed by atoms with E-state index in [0.717, 1.165) is 4.31 Å². The van der Waals surface area contributed by atoms with E-state index in [-0.39, 0.29) is 15.5 Å². The Labute approximate surface area is 189 Å². The van der Waals surface area contributed by atoms with Crippen molar-refractivity contribution in [3.8, 4) is 5.69 Å². The number of anilines is 2. The Hall–Kier alpha value is -3.76. The fourth-order valence-corrected chi connectivity index (χ4v) is 4.37. The van der Waals surface area contributed by atoms with Gasteiger partial charge in [-0.05, 0) is 65.0 Å². The van der Waals surface area contributed by atoms with E-state index in [1.165, 1.54) is 36.3 Å². The summed E-state index contributed by atoms with van der Waals surface area (Å²) in [5.41, 5.74) is 1.75. The lowest BCUT2D eigenvalue weighted by Crippen LogP contribution is -2.27. The van der Waals surface area contributed by atoms with Crippen molar-refractivity contribution < 1.29 is 13.2 Å². The van der Waals surface area contributed by atoms with Crippen LogP contribution >= 0.6 is 11.6 Å². The average molecular weight is 469 g/mol. The first-order valence-corrected chi connectivity index (χ1v) is 11.2. The highest BCUT2D eigenvalue weighted by Crippen LogP contribution is 2.26. The predicted molar refractivity (Wildman–Crippen MR) is 121 cm³/mol. The van der Waals surface area contributed by atoms with Crippen molar-refractivity contribution in [2.75, 3.05) is 16.7 Å². The van der Waals surface area contributed by atoms with Gasteiger partial charge in [0.2, 0.25) is 0 Å². The molecule has 1 heterocycles. The molecule has 1 aromatic heterocycles. The number of halogens is 1. The van der Waals surface area contributed by atoms with Gasteiger partial charge in [0.25, 0.3) is 15.9 Å². The van der Waals surface area contributed by atoms with Gasteiger partial charge >= 0.3 is 0 Å². The molecular weight excluding hydrogens is 452 g/mol. The summed E-state index contributed by atoms with van der Waals surface area (Å²) >= 11 is 6.20. The Kier molecular flexibility index (Phi) is 5.89. The number of nitrogens with zero attached hydrogens (tertiary/aromatic N) is 5. The standard InChI is InChI=1S/C21H17ClN6O3S/c1-27(16-5-3-2-4-6-16)32(30,31)18-11-12-20(22)19(13-18)21(29)24-15-7-9-17(10-8-15)28-14-23-25-26-28/h2-14H,1H3,(H,24,29). The molecular formula is C21H17ClN6O3S. The van der Waals surface area contributed by atoms with E-state index in [4.69, 9.17) is 11.6 Å². The number of rotatable bonds is 6. The number of tetrazole rings is 1. The molecule has 0 aliphatic heterocycles. The normalized spacial score (nSPS) is 11.2. The minimum atomic E-state index is -3.90. The summed E-state index contributed by atoms with van der Waals surface area (Å²) in [6.45, 7) is 0. The van der Waals surface area contributed by atoms with Crippen LogP contribution in [0.1, 0.15) is 10.4 Å². The smallest absolute Gasteiger partial charge is 0.264 e. The first kappa shape index (κ1) is 21.5. The number of amides is 1. The third kappa shape index (κ3) is 4.32. The van der Waals surface area contributed by atoms with Crippen LogP contribution < -0.4 is 9.62 Å². The summed E-state index contributed by atoms with van der Waals surface area (Å²) < 4.78 is 28.7. The lowest BCUT2D eigenvalue weighted by molar-refractivity contribution is 0.102. The largest absolute Gasteiger partial charge is 0.322 e. The molecule has 0 bridgehead atoms. The van der Waals surface area contributed by atoms with Crippen LogP contribution in [0.25, 0.3) is 5.69 Å². The number of hydrogen-bond acceptors (Lipinski definition) is 6. The maximum absolute atomic E-state index is 13.1. The van der Waals surface area contributed by atoms with Crippen LogP contribution in [-0.4, -0.2) is 41.6 Å². The maximum atomic E-state index is 13.1. The Morgan fingerprint density at radius 3 is 2.41 bits per heavy atom. The van der Waals surface area contributed by atoms with Crippen molar-refractivity contribution in [1.82, 2.24) is 20.2 Å². The van der Waals surface area contributed by atoms with Gasteiger partial charge in [0.1, 0.15) is 6.33 Å². The van der Waals surface area contributed by atoms with E-state index in [1.54, 1.807) is 54.6 Å². The average Bonchev–Trinajstić information content (AvgIpc) is 3.34. The second-order valence-corrected chi connectivity index (χ2v) is 9.08. The predicted octanol–water partition coefficient (Wildman–Crippen LogP) is 3.39. The van der Waals surface area contributed by atoms with Gasteiger partial charge < -0.3 is 5.32 Å². The van der Waals surface area contributed by atoms with Crippen molar-refractivity contribution in [3.05, 3.63) is 89.7 Å². The summed E-state index contributed by atoms with van der Waals surface area (Å²) in [4.78, 5) is 12.8. The number of aromatic nitrogens is 4. The molecule has 0 saturated carbocycles. The minimum absolute atomic E-state index is 0.0405. The maximum Gasteiger partial charge on any atom is 0.264 e. The highest BCUT2D eigenvalue weighted by Gasteiger charge is 2.23. The zero-order chi connectivity index (χ0) is 22.7. The molecule has 0 fully saturated rings. The van der Waals surface area contributed by atoms with Crippen LogP contribution in [-0.2, 0) is 10.0 Å². The second kappa shape index (κ2) is 8.77. The number of benzene rings is 3. The first-order valence-electron chi connectivity index (χ1n) is 9.34. The Balaban J connectivity index is 1.57. The second-order valence-electron chi connectivity index (χ2n) is 6.71. The molecule has 0 saturated heterocycles. The fraction of sp³-hybridized carbons (Fsp3) is 0.0476. The quantitative estimate of drug-likeness (QED) is 0.464. The van der Waals surface area contributed by atoms with Crippen molar-refractivity contribution in [2.24, 2.45) is 0 Å². The van der Waals surface area contributed by atoms with E-state index in [2.05, 4.69) is 20.8 Å². The van der Waals surface area contributed by atoms with Crippen molar-refractivity contribution in [1.29, 1.82) is 0 Å². The van der Waals surface area contributed by atoms with Gasteiger partial charge in [0, 0.05) is 12.7 Å². The van der Waals surface area contributed by atoms with Gasteiger partial charge in [-0.3, -0.25) is 9.10 Å². The highest BCUT2D eigenvalue weighted by atomic mass is 35.5. The molecule has 1 amide bonds. The zero-order valence-corrected chi connectivity index (χ0v) is 18.3. The van der Waals surface area contributed by atoms with Gasteiger partial charge in [-0.2, -0.15) is 0 Å². The molecule has 0 aliphatic carbocycles. The number of hydrogen-bond donors (Lipinski definition) is 1. The molecule has 4 aromatic rings. The summed E-state index contributed by atoms with van der Waals surface area (Å²) in [5, 5.41) is 13.8. The summed E-state index contributed by atoms with van der Waals surface area (Å²) in [5.74, 6) is -0.537. The summed E-state index contributed by atoms with van der Waals surface area (Å²) in [7, 11) is -2.45. The zero-order valence-electron chi connectivity index (χ0n) is 16.8. The SMILES string of the molecule is CN(c1ccccc1)S(=O)(=O)c1ccc(Cl)c(C(=O)Nc2ccc(-n3cnnn3)cc2)c1. The monoisotopic (exact) mass is 468 g/mol. The summed E-state index contributed by atoms with van der Waals surface area (Å²) in [6, 6.07) is 19.5. The third-order valence-electron chi connectivity index (χ3n) is 4.70. The van der Waals surface area contributed by atoms with Crippen molar-refractivity contribution >= 4 is 38.9 Å². The molecule has 0 radical (unpaired) electrons. The summed E-state index contributed by atoms with van der Waals surface area (Å²) in [6.07, 6.45) is 1.45. The molecule has 4 rings (SSSR count). The topological polar surface area (TPSA) is 110 Å². The van der Waals surface area contributed by atoms with Gasteiger partial charge in [0.15, 0.2) is 0 Å². The number of para-hydroxylation sites is 1.